The second-order valence-electron chi connectivity index (χ2n) is 5.57. The highest BCUT2D eigenvalue weighted by atomic mass is 32.2. The van der Waals surface area contributed by atoms with Crippen LogP contribution in [0.4, 0.5) is 10.8 Å². The Bertz CT molecular complexity index is 1100. The molecule has 1 amide bonds. The largest absolute Gasteiger partial charge is 0.302 e. The maximum absolute atomic E-state index is 12.1. The molecule has 134 valence electrons. The maximum atomic E-state index is 12.1. The Balaban J connectivity index is 1.73. The van der Waals surface area contributed by atoms with Gasteiger partial charge in [0.25, 0.3) is 5.69 Å². The predicted molar refractivity (Wildman–Crippen MR) is 98.2 cm³/mol. The van der Waals surface area contributed by atoms with Gasteiger partial charge in [-0.05, 0) is 23.8 Å². The van der Waals surface area contributed by atoms with Crippen LogP contribution in [0.3, 0.4) is 0 Å². The first-order chi connectivity index (χ1) is 12.2. The summed E-state index contributed by atoms with van der Waals surface area (Å²) in [6.45, 7) is 0. The minimum atomic E-state index is -3.31. The van der Waals surface area contributed by atoms with Gasteiger partial charge in [-0.25, -0.2) is 13.4 Å². The van der Waals surface area contributed by atoms with E-state index in [1.807, 2.05) is 0 Å². The van der Waals surface area contributed by atoms with Crippen LogP contribution in [0, 0.1) is 10.1 Å². The summed E-state index contributed by atoms with van der Waals surface area (Å²) in [4.78, 5) is 26.7. The van der Waals surface area contributed by atoms with Crippen LogP contribution in [0.2, 0.25) is 0 Å². The number of aromatic nitrogens is 1. The van der Waals surface area contributed by atoms with E-state index in [2.05, 4.69) is 10.3 Å². The summed E-state index contributed by atoms with van der Waals surface area (Å²) in [7, 11) is -3.31. The van der Waals surface area contributed by atoms with E-state index in [9.17, 15) is 23.3 Å². The van der Waals surface area contributed by atoms with Crippen molar-refractivity contribution in [3.05, 3.63) is 58.1 Å². The molecule has 8 nitrogen and oxygen atoms in total. The third-order valence-corrected chi connectivity index (χ3v) is 5.59. The quantitative estimate of drug-likeness (QED) is 0.527. The van der Waals surface area contributed by atoms with E-state index in [1.165, 1.54) is 47.7 Å². The van der Waals surface area contributed by atoms with E-state index in [1.54, 1.807) is 6.07 Å². The number of thiazole rings is 1. The maximum Gasteiger partial charge on any atom is 0.269 e. The lowest BCUT2D eigenvalue weighted by Crippen LogP contribution is -2.14. The van der Waals surface area contributed by atoms with Crippen molar-refractivity contribution in [3.8, 4) is 0 Å². The zero-order valence-corrected chi connectivity index (χ0v) is 15.1. The van der Waals surface area contributed by atoms with Crippen LogP contribution in [-0.2, 0) is 21.1 Å². The summed E-state index contributed by atoms with van der Waals surface area (Å²) < 4.78 is 23.9. The summed E-state index contributed by atoms with van der Waals surface area (Å²) in [6.07, 6.45) is 1.17. The summed E-state index contributed by atoms with van der Waals surface area (Å²) in [5.41, 5.74) is 1.18. The highest BCUT2D eigenvalue weighted by Crippen LogP contribution is 2.28. The molecule has 1 N–H and O–H groups in total. The fourth-order valence-electron chi connectivity index (χ4n) is 2.27. The zero-order valence-electron chi connectivity index (χ0n) is 13.5. The lowest BCUT2D eigenvalue weighted by molar-refractivity contribution is -0.384. The molecule has 10 heteroatoms. The number of nitrogens with zero attached hydrogens (tertiary/aromatic N) is 2. The van der Waals surface area contributed by atoms with Crippen LogP contribution < -0.4 is 5.32 Å². The number of hydrogen-bond donors (Lipinski definition) is 1. The van der Waals surface area contributed by atoms with Crippen molar-refractivity contribution in [2.45, 2.75) is 11.3 Å². The molecule has 1 heterocycles. The third kappa shape index (κ3) is 4.03. The van der Waals surface area contributed by atoms with E-state index in [0.717, 1.165) is 6.26 Å². The second kappa shape index (κ2) is 6.81. The van der Waals surface area contributed by atoms with Crippen molar-refractivity contribution in [2.75, 3.05) is 11.6 Å². The molecule has 3 rings (SSSR count). The number of nitro benzene ring substituents is 1. The van der Waals surface area contributed by atoms with Gasteiger partial charge >= 0.3 is 0 Å². The highest BCUT2D eigenvalue weighted by Gasteiger charge is 2.13. The first kappa shape index (κ1) is 18.0. The van der Waals surface area contributed by atoms with E-state index in [-0.39, 0.29) is 22.9 Å². The van der Waals surface area contributed by atoms with Gasteiger partial charge in [0, 0.05) is 18.4 Å². The second-order valence-corrected chi connectivity index (χ2v) is 8.62. The molecule has 0 aliphatic rings. The molecule has 0 unspecified atom stereocenters. The number of hydrogen-bond acceptors (Lipinski definition) is 7. The molecule has 0 fully saturated rings. The summed E-state index contributed by atoms with van der Waals surface area (Å²) in [5, 5.41) is 13.6. The van der Waals surface area contributed by atoms with E-state index < -0.39 is 14.8 Å². The number of anilines is 1. The van der Waals surface area contributed by atoms with E-state index in [0.29, 0.717) is 20.9 Å². The number of sulfone groups is 1. The number of rotatable bonds is 5. The Morgan fingerprint density at radius 2 is 1.92 bits per heavy atom. The minimum Gasteiger partial charge on any atom is -0.302 e. The average Bonchev–Trinajstić information content (AvgIpc) is 2.95. The lowest BCUT2D eigenvalue weighted by Gasteiger charge is -2.01. The molecule has 0 spiro atoms. The number of carbonyl (C=O) groups is 1. The van der Waals surface area contributed by atoms with Crippen molar-refractivity contribution < 1.29 is 18.1 Å². The Hall–Kier alpha value is -2.85. The molecule has 2 aromatic carbocycles. The smallest absolute Gasteiger partial charge is 0.269 e. The minimum absolute atomic E-state index is 0.0398. The van der Waals surface area contributed by atoms with Crippen molar-refractivity contribution in [1.82, 2.24) is 4.98 Å². The first-order valence-corrected chi connectivity index (χ1v) is 10.1. The molecule has 0 bridgehead atoms. The number of nitrogens with one attached hydrogen (secondary N) is 1. The van der Waals surface area contributed by atoms with Gasteiger partial charge in [0.1, 0.15) is 0 Å². The molecule has 26 heavy (non-hydrogen) atoms. The summed E-state index contributed by atoms with van der Waals surface area (Å²) in [6, 6.07) is 10.3. The molecule has 0 radical (unpaired) electrons. The van der Waals surface area contributed by atoms with Gasteiger partial charge in [-0.3, -0.25) is 14.9 Å². The SMILES string of the molecule is CS(=O)(=O)c1ccc2nc(NC(=O)Cc3ccc([N+](=O)[O-])cc3)sc2c1. The van der Waals surface area contributed by atoms with Crippen molar-refractivity contribution in [2.24, 2.45) is 0 Å². The van der Waals surface area contributed by atoms with Gasteiger partial charge in [-0.15, -0.1) is 0 Å². The standard InChI is InChI=1S/C16H13N3O5S2/c1-26(23,24)12-6-7-13-14(9-12)25-16(17-13)18-15(20)8-10-2-4-11(5-3-10)19(21)22/h2-7,9H,8H2,1H3,(H,17,18,20). The molecule has 1 aromatic heterocycles. The van der Waals surface area contributed by atoms with Crippen molar-refractivity contribution in [3.63, 3.8) is 0 Å². The Labute approximate surface area is 152 Å². The van der Waals surface area contributed by atoms with Crippen LogP contribution in [0.25, 0.3) is 10.2 Å². The number of fused-ring (bicyclic) bond motifs is 1. The van der Waals surface area contributed by atoms with Gasteiger partial charge in [0.2, 0.25) is 5.91 Å². The van der Waals surface area contributed by atoms with Crippen LogP contribution in [0.1, 0.15) is 5.56 Å². The normalized spacial score (nSPS) is 11.4. The summed E-state index contributed by atoms with van der Waals surface area (Å²) in [5.74, 6) is -0.318. The van der Waals surface area contributed by atoms with Crippen molar-refractivity contribution >= 4 is 48.1 Å². The Kier molecular flexibility index (Phi) is 4.70. The fraction of sp³-hybridized carbons (Fsp3) is 0.125. The van der Waals surface area contributed by atoms with Crippen LogP contribution >= 0.6 is 11.3 Å². The molecular formula is C16H13N3O5S2. The number of carbonyl (C=O) groups excluding carboxylic acids is 1. The van der Waals surface area contributed by atoms with Gasteiger partial charge in [-0.2, -0.15) is 0 Å². The molecule has 0 aliphatic heterocycles. The zero-order chi connectivity index (χ0) is 18.9. The number of amides is 1. The number of nitro groups is 1. The molecule has 0 saturated heterocycles. The number of benzene rings is 2. The highest BCUT2D eigenvalue weighted by molar-refractivity contribution is 7.90. The van der Waals surface area contributed by atoms with Gasteiger partial charge in [0.15, 0.2) is 15.0 Å². The average molecular weight is 391 g/mol. The molecular weight excluding hydrogens is 378 g/mol. The van der Waals surface area contributed by atoms with Crippen LogP contribution in [0.5, 0.6) is 0 Å². The fourth-order valence-corrected chi connectivity index (χ4v) is 3.92. The van der Waals surface area contributed by atoms with Crippen LogP contribution in [0.15, 0.2) is 47.4 Å². The first-order valence-electron chi connectivity index (χ1n) is 7.36. The van der Waals surface area contributed by atoms with Gasteiger partial charge in [0.05, 0.1) is 26.5 Å². The van der Waals surface area contributed by atoms with E-state index in [4.69, 9.17) is 0 Å². The monoisotopic (exact) mass is 391 g/mol. The lowest BCUT2D eigenvalue weighted by atomic mass is 10.1. The predicted octanol–water partition coefficient (Wildman–Crippen LogP) is 2.79. The van der Waals surface area contributed by atoms with Gasteiger partial charge in [-0.1, -0.05) is 23.5 Å². The molecule has 0 aliphatic carbocycles. The van der Waals surface area contributed by atoms with Gasteiger partial charge < -0.3 is 5.32 Å². The van der Waals surface area contributed by atoms with Crippen LogP contribution in [-0.4, -0.2) is 30.5 Å². The topological polar surface area (TPSA) is 119 Å². The summed E-state index contributed by atoms with van der Waals surface area (Å²) >= 11 is 1.18. The molecule has 0 atom stereocenters. The molecule has 0 saturated carbocycles. The third-order valence-electron chi connectivity index (χ3n) is 3.55. The van der Waals surface area contributed by atoms with Crippen molar-refractivity contribution in [1.29, 1.82) is 0 Å². The Morgan fingerprint density at radius 1 is 1.23 bits per heavy atom. The Morgan fingerprint density at radius 3 is 2.54 bits per heavy atom. The van der Waals surface area contributed by atoms with E-state index >= 15 is 0 Å². The molecule has 3 aromatic rings. The number of non-ortho nitro benzene ring substituents is 1.